The normalized spacial score (nSPS) is 17.7. The van der Waals surface area contributed by atoms with Gasteiger partial charge in [-0.3, -0.25) is 0 Å². The number of rotatable bonds is 10. The molecule has 9 nitrogen and oxygen atoms in total. The van der Waals surface area contributed by atoms with Crippen molar-refractivity contribution < 1.29 is 33.6 Å². The zero-order valence-electron chi connectivity index (χ0n) is 25.6. The van der Waals surface area contributed by atoms with E-state index in [1.165, 1.54) is 78.4 Å². The highest BCUT2D eigenvalue weighted by Crippen LogP contribution is 2.32. The van der Waals surface area contributed by atoms with E-state index in [4.69, 9.17) is 18.9 Å². The quantitative estimate of drug-likeness (QED) is 0.309. The number of carbonyl (C=O) groups excluding carboxylic acids is 1. The summed E-state index contributed by atoms with van der Waals surface area (Å²) < 4.78 is 21.4. The molecule has 0 aromatic heterocycles. The van der Waals surface area contributed by atoms with Gasteiger partial charge < -0.3 is 34.7 Å². The van der Waals surface area contributed by atoms with Crippen molar-refractivity contribution in [2.24, 2.45) is 0 Å². The molecule has 9 heteroatoms. The fourth-order valence-electron chi connectivity index (χ4n) is 5.00. The second-order valence-electron chi connectivity index (χ2n) is 12.3. The van der Waals surface area contributed by atoms with Crippen molar-refractivity contribution in [2.45, 2.75) is 128 Å². The van der Waals surface area contributed by atoms with Crippen LogP contribution in [0.2, 0.25) is 0 Å². The Morgan fingerprint density at radius 3 is 1.73 bits per heavy atom. The van der Waals surface area contributed by atoms with Crippen molar-refractivity contribution >= 4 is 12.1 Å². The summed E-state index contributed by atoms with van der Waals surface area (Å²) >= 11 is 0. The predicted molar refractivity (Wildman–Crippen MR) is 156 cm³/mol. The highest BCUT2D eigenvalue weighted by atomic mass is 16.6. The fourth-order valence-corrected chi connectivity index (χ4v) is 5.00. The van der Waals surface area contributed by atoms with Gasteiger partial charge in [0.2, 0.25) is 0 Å². The topological polar surface area (TPSA) is 115 Å². The van der Waals surface area contributed by atoms with Crippen LogP contribution < -0.4 is 20.1 Å². The molecule has 1 amide bonds. The third-order valence-corrected chi connectivity index (χ3v) is 7.35. The summed E-state index contributed by atoms with van der Waals surface area (Å²) in [5.74, 6) is -0.121. The molecular weight excluding hydrogens is 512 g/mol. The van der Waals surface area contributed by atoms with E-state index in [-0.39, 0.29) is 6.61 Å². The summed E-state index contributed by atoms with van der Waals surface area (Å²) in [6, 6.07) is 5.64. The molecule has 0 heterocycles. The van der Waals surface area contributed by atoms with Gasteiger partial charge in [0, 0.05) is 23.7 Å². The number of benzene rings is 1. The molecule has 40 heavy (non-hydrogen) atoms. The maximum absolute atomic E-state index is 12.3. The van der Waals surface area contributed by atoms with Gasteiger partial charge in [-0.2, -0.15) is 0 Å². The molecule has 0 unspecified atom stereocenters. The van der Waals surface area contributed by atoms with E-state index in [9.17, 15) is 14.7 Å². The number of methoxy groups -OCH3 is 2. The molecule has 3 rings (SSSR count). The van der Waals surface area contributed by atoms with Crippen LogP contribution >= 0.6 is 0 Å². The molecule has 1 aromatic rings. The Morgan fingerprint density at radius 1 is 0.850 bits per heavy atom. The number of aliphatic carboxylic acids is 1. The van der Waals surface area contributed by atoms with Gasteiger partial charge in [-0.1, -0.05) is 38.5 Å². The summed E-state index contributed by atoms with van der Waals surface area (Å²) in [4.78, 5) is 23.6. The Kier molecular flexibility index (Phi) is 13.5. The Morgan fingerprint density at radius 2 is 1.32 bits per heavy atom. The van der Waals surface area contributed by atoms with Gasteiger partial charge >= 0.3 is 12.1 Å². The lowest BCUT2D eigenvalue weighted by atomic mass is 9.91. The molecule has 3 N–H and O–H groups in total. The highest BCUT2D eigenvalue weighted by Gasteiger charge is 2.30. The number of carbonyl (C=O) groups is 2. The number of hydrogen-bond donors (Lipinski definition) is 3. The Labute approximate surface area is 240 Å². The third-order valence-electron chi connectivity index (χ3n) is 7.35. The summed E-state index contributed by atoms with van der Waals surface area (Å²) in [7, 11) is 3.04. The van der Waals surface area contributed by atoms with Crippen molar-refractivity contribution in [2.75, 3.05) is 20.8 Å². The first-order valence-corrected chi connectivity index (χ1v) is 14.7. The van der Waals surface area contributed by atoms with Gasteiger partial charge in [0.25, 0.3) is 0 Å². The highest BCUT2D eigenvalue weighted by molar-refractivity contribution is 5.80. The Balaban J connectivity index is 0.000000355. The van der Waals surface area contributed by atoms with Crippen molar-refractivity contribution in [3.8, 4) is 11.5 Å². The van der Waals surface area contributed by atoms with Crippen LogP contribution in [0.5, 0.6) is 11.5 Å². The van der Waals surface area contributed by atoms with Crippen LogP contribution in [0, 0.1) is 0 Å². The third kappa shape index (κ3) is 12.3. The zero-order chi connectivity index (χ0) is 29.8. The molecule has 2 fully saturated rings. The Bertz CT molecular complexity index is 878. The van der Waals surface area contributed by atoms with E-state index >= 15 is 0 Å². The summed E-state index contributed by atoms with van der Waals surface area (Å²) in [5, 5.41) is 15.5. The van der Waals surface area contributed by atoms with Crippen molar-refractivity contribution in [3.05, 3.63) is 23.8 Å². The van der Waals surface area contributed by atoms with Crippen LogP contribution in [0.3, 0.4) is 0 Å². The maximum atomic E-state index is 12.3. The zero-order valence-corrected chi connectivity index (χ0v) is 25.6. The summed E-state index contributed by atoms with van der Waals surface area (Å²) in [5.41, 5.74) is -0.957. The van der Waals surface area contributed by atoms with Crippen molar-refractivity contribution in [3.63, 3.8) is 0 Å². The van der Waals surface area contributed by atoms with Crippen LogP contribution in [0.25, 0.3) is 0 Å². The molecule has 0 saturated heterocycles. The second kappa shape index (κ2) is 16.1. The molecule has 2 saturated carbocycles. The second-order valence-corrected chi connectivity index (χ2v) is 12.3. The molecule has 228 valence electrons. The van der Waals surface area contributed by atoms with E-state index in [1.54, 1.807) is 52.8 Å². The molecular formula is C31H52N2O7. The summed E-state index contributed by atoms with van der Waals surface area (Å²) in [6.07, 6.45) is 13.7. The van der Waals surface area contributed by atoms with Gasteiger partial charge in [-0.15, -0.1) is 0 Å². The van der Waals surface area contributed by atoms with Gasteiger partial charge in [0.15, 0.2) is 6.04 Å². The van der Waals surface area contributed by atoms with Gasteiger partial charge in [-0.05, 0) is 72.4 Å². The Hall–Kier alpha value is -2.52. The van der Waals surface area contributed by atoms with Crippen molar-refractivity contribution in [1.82, 2.24) is 10.6 Å². The van der Waals surface area contributed by atoms with E-state index in [0.717, 1.165) is 12.1 Å². The molecule has 0 bridgehead atoms. The van der Waals surface area contributed by atoms with Crippen LogP contribution in [0.15, 0.2) is 18.2 Å². The van der Waals surface area contributed by atoms with Gasteiger partial charge in [-0.25, -0.2) is 9.59 Å². The van der Waals surface area contributed by atoms with Crippen LogP contribution in [-0.2, 0) is 19.9 Å². The lowest BCUT2D eigenvalue weighted by molar-refractivity contribution is -0.142. The average molecular weight is 565 g/mol. The minimum atomic E-state index is -1.23. The number of carboxylic acid groups (broad SMARTS) is 1. The van der Waals surface area contributed by atoms with Crippen LogP contribution in [0.1, 0.15) is 104 Å². The lowest BCUT2D eigenvalue weighted by Gasteiger charge is -2.30. The monoisotopic (exact) mass is 564 g/mol. The first-order chi connectivity index (χ1) is 18.8. The van der Waals surface area contributed by atoms with E-state index in [0.29, 0.717) is 17.1 Å². The maximum Gasteiger partial charge on any atom is 0.408 e. The smallest absolute Gasteiger partial charge is 0.408 e. The van der Waals surface area contributed by atoms with E-state index in [1.807, 2.05) is 0 Å². The largest absolute Gasteiger partial charge is 0.497 e. The minimum absolute atomic E-state index is 0.179. The first-order valence-electron chi connectivity index (χ1n) is 14.7. The molecule has 0 radical (unpaired) electrons. The number of carboxylic acids is 1. The van der Waals surface area contributed by atoms with Crippen molar-refractivity contribution in [1.29, 1.82) is 0 Å². The van der Waals surface area contributed by atoms with E-state index in [2.05, 4.69) is 10.6 Å². The molecule has 0 spiro atoms. The molecule has 1 aromatic carbocycles. The van der Waals surface area contributed by atoms with Crippen LogP contribution in [0.4, 0.5) is 4.79 Å². The minimum Gasteiger partial charge on any atom is -0.497 e. The van der Waals surface area contributed by atoms with Crippen LogP contribution in [-0.4, -0.2) is 61.7 Å². The standard InChI is InChI=1S/C19H29NO7.C12H23N/c1-18(2,3)26-11-15(16(21)22)20-17(23)27-19(4,5)12-8-13(24-6)10-14(9-12)25-7;1-3-7-11(8-4-1)13-12-9-5-2-6-10-12/h8-10,15H,11H2,1-7H3,(H,20,23)(H,21,22);11-13H,1-10H2/t15-;/m0./s1. The first kappa shape index (κ1) is 33.7. The fraction of sp³-hybridized carbons (Fsp3) is 0.742. The summed E-state index contributed by atoms with van der Waals surface area (Å²) in [6.45, 7) is 8.57. The SMILES string of the molecule is C1CCC(NC2CCCCC2)CC1.COc1cc(OC)cc(C(C)(C)OC(=O)N[C@@H](COC(C)(C)C)C(=O)O)c1. The number of amides is 1. The number of hydrogen-bond acceptors (Lipinski definition) is 7. The average Bonchev–Trinajstić information content (AvgIpc) is 2.91. The van der Waals surface area contributed by atoms with Gasteiger partial charge in [0.1, 0.15) is 17.1 Å². The molecule has 2 aliphatic rings. The van der Waals surface area contributed by atoms with E-state index < -0.39 is 29.3 Å². The predicted octanol–water partition coefficient (Wildman–Crippen LogP) is 6.17. The number of ether oxygens (including phenoxy) is 4. The molecule has 0 aliphatic heterocycles. The number of alkyl carbamates (subject to hydrolysis) is 1. The molecule has 1 atom stereocenters. The number of nitrogens with one attached hydrogen (secondary N) is 2. The van der Waals surface area contributed by atoms with Gasteiger partial charge in [0.05, 0.1) is 26.4 Å². The lowest BCUT2D eigenvalue weighted by Crippen LogP contribution is -2.47. The molecule has 2 aliphatic carbocycles.